The minimum atomic E-state index is -0.449. The predicted molar refractivity (Wildman–Crippen MR) is 142 cm³/mol. The van der Waals surface area contributed by atoms with E-state index in [4.69, 9.17) is 4.52 Å². The smallest absolute Gasteiger partial charge is 0.272 e. The van der Waals surface area contributed by atoms with Crippen molar-refractivity contribution >= 4 is 58.4 Å². The summed E-state index contributed by atoms with van der Waals surface area (Å²) in [6.07, 6.45) is 1.64. The van der Waals surface area contributed by atoms with E-state index in [1.165, 1.54) is 23.1 Å². The summed E-state index contributed by atoms with van der Waals surface area (Å²) < 4.78 is 4.93. The molecule has 0 saturated carbocycles. The van der Waals surface area contributed by atoms with Gasteiger partial charge in [-0.1, -0.05) is 29.4 Å². The Morgan fingerprint density at radius 3 is 2.44 bits per heavy atom. The molecule has 2 aromatic heterocycles. The van der Waals surface area contributed by atoms with E-state index in [0.717, 1.165) is 9.77 Å². The SMILES string of the molecule is Cc1cc(NC(=O)CSc2ccc(NC(=O)/C(=C/c3cccs3)NC(=O)c3ccccc3)cc2)no1. The fourth-order valence-corrected chi connectivity index (χ4v) is 4.40. The van der Waals surface area contributed by atoms with Crippen molar-refractivity contribution in [2.45, 2.75) is 11.8 Å². The summed E-state index contributed by atoms with van der Waals surface area (Å²) >= 11 is 2.80. The van der Waals surface area contributed by atoms with Crippen molar-refractivity contribution in [2.75, 3.05) is 16.4 Å². The number of nitrogens with one attached hydrogen (secondary N) is 3. The molecule has 0 unspecified atom stereocenters. The highest BCUT2D eigenvalue weighted by Gasteiger charge is 2.15. The fourth-order valence-electron chi connectivity index (χ4n) is 3.04. The standard InChI is InChI=1S/C26H22N4O4S2/c1-17-14-23(30-34-17)29-24(31)16-36-20-11-9-19(10-12-20)27-26(33)22(15-21-8-5-13-35-21)28-25(32)18-6-3-2-4-7-18/h2-15H,16H2,1H3,(H,27,33)(H,28,32)(H,29,30,31)/b22-15-. The van der Waals surface area contributed by atoms with Crippen LogP contribution >= 0.6 is 23.1 Å². The van der Waals surface area contributed by atoms with Crippen molar-refractivity contribution in [2.24, 2.45) is 0 Å². The molecule has 0 bridgehead atoms. The van der Waals surface area contributed by atoms with E-state index in [1.807, 2.05) is 23.6 Å². The lowest BCUT2D eigenvalue weighted by molar-refractivity contribution is -0.114. The number of carbonyl (C=O) groups is 3. The highest BCUT2D eigenvalue weighted by Crippen LogP contribution is 2.21. The van der Waals surface area contributed by atoms with Gasteiger partial charge in [0, 0.05) is 27.1 Å². The van der Waals surface area contributed by atoms with Crippen LogP contribution in [-0.2, 0) is 9.59 Å². The van der Waals surface area contributed by atoms with Crippen molar-refractivity contribution in [1.29, 1.82) is 0 Å². The first-order chi connectivity index (χ1) is 17.5. The molecule has 0 spiro atoms. The predicted octanol–water partition coefficient (Wildman–Crippen LogP) is 5.18. The van der Waals surface area contributed by atoms with Gasteiger partial charge < -0.3 is 20.5 Å². The number of hydrogen-bond acceptors (Lipinski definition) is 7. The van der Waals surface area contributed by atoms with E-state index >= 15 is 0 Å². The molecule has 10 heteroatoms. The number of thiophene rings is 1. The van der Waals surface area contributed by atoms with Crippen LogP contribution in [0.4, 0.5) is 11.5 Å². The zero-order valence-corrected chi connectivity index (χ0v) is 20.8. The molecule has 4 aromatic rings. The summed E-state index contributed by atoms with van der Waals surface area (Å²) in [5.41, 5.74) is 1.13. The Balaban J connectivity index is 1.37. The molecule has 3 N–H and O–H groups in total. The summed E-state index contributed by atoms with van der Waals surface area (Å²) in [5, 5.41) is 13.8. The largest absolute Gasteiger partial charge is 0.360 e. The summed E-state index contributed by atoms with van der Waals surface area (Å²) in [7, 11) is 0. The maximum Gasteiger partial charge on any atom is 0.272 e. The Morgan fingerprint density at radius 2 is 1.78 bits per heavy atom. The minimum Gasteiger partial charge on any atom is -0.360 e. The Labute approximate surface area is 215 Å². The quantitative estimate of drug-likeness (QED) is 0.208. The first-order valence-corrected chi connectivity index (χ1v) is 12.7. The van der Waals surface area contributed by atoms with Crippen molar-refractivity contribution in [3.8, 4) is 0 Å². The molecule has 0 aliphatic carbocycles. The van der Waals surface area contributed by atoms with Gasteiger partial charge in [-0.05, 0) is 60.8 Å². The second-order valence-electron chi connectivity index (χ2n) is 7.53. The molecule has 0 aliphatic rings. The number of carbonyl (C=O) groups excluding carboxylic acids is 3. The van der Waals surface area contributed by atoms with Crippen LogP contribution in [0, 0.1) is 6.92 Å². The summed E-state index contributed by atoms with van der Waals surface area (Å²) in [5.74, 6) is 0.153. The Morgan fingerprint density at radius 1 is 1.00 bits per heavy atom. The van der Waals surface area contributed by atoms with E-state index in [1.54, 1.807) is 67.6 Å². The van der Waals surface area contributed by atoms with Crippen LogP contribution in [0.5, 0.6) is 0 Å². The van der Waals surface area contributed by atoms with Crippen LogP contribution in [0.25, 0.3) is 6.08 Å². The molecule has 2 heterocycles. The lowest BCUT2D eigenvalue weighted by Gasteiger charge is -2.11. The molecule has 3 amide bonds. The van der Waals surface area contributed by atoms with Crippen molar-refractivity contribution < 1.29 is 18.9 Å². The number of nitrogens with zero attached hydrogens (tertiary/aromatic N) is 1. The average Bonchev–Trinajstić information content (AvgIpc) is 3.55. The highest BCUT2D eigenvalue weighted by atomic mass is 32.2. The third-order valence-corrected chi connectivity index (χ3v) is 6.57. The molecule has 36 heavy (non-hydrogen) atoms. The molecule has 0 aliphatic heterocycles. The van der Waals surface area contributed by atoms with Gasteiger partial charge in [0.15, 0.2) is 5.82 Å². The van der Waals surface area contributed by atoms with Gasteiger partial charge in [0.25, 0.3) is 11.8 Å². The molecule has 182 valence electrons. The maximum absolute atomic E-state index is 13.0. The van der Waals surface area contributed by atoms with Crippen LogP contribution in [0.1, 0.15) is 21.0 Å². The molecule has 0 saturated heterocycles. The zero-order chi connectivity index (χ0) is 25.3. The highest BCUT2D eigenvalue weighted by molar-refractivity contribution is 8.00. The van der Waals surface area contributed by atoms with Gasteiger partial charge >= 0.3 is 0 Å². The Kier molecular flexibility index (Phi) is 8.32. The molecule has 4 rings (SSSR count). The van der Waals surface area contributed by atoms with Gasteiger partial charge in [0.05, 0.1) is 5.75 Å². The monoisotopic (exact) mass is 518 g/mol. The molecule has 2 aromatic carbocycles. The van der Waals surface area contributed by atoms with Crippen LogP contribution in [0.3, 0.4) is 0 Å². The van der Waals surface area contributed by atoms with Crippen LogP contribution in [0.2, 0.25) is 0 Å². The van der Waals surface area contributed by atoms with Gasteiger partial charge in [-0.25, -0.2) is 0 Å². The van der Waals surface area contributed by atoms with E-state index in [-0.39, 0.29) is 23.3 Å². The topological polar surface area (TPSA) is 113 Å². The first-order valence-electron chi connectivity index (χ1n) is 10.9. The molecule has 0 fully saturated rings. The fraction of sp³-hybridized carbons (Fsp3) is 0.0769. The number of hydrogen-bond donors (Lipinski definition) is 3. The number of rotatable bonds is 9. The van der Waals surface area contributed by atoms with Gasteiger partial charge in [-0.2, -0.15) is 0 Å². The molecule has 0 atom stereocenters. The second-order valence-corrected chi connectivity index (χ2v) is 9.56. The molecular formula is C26H22N4O4S2. The number of anilines is 2. The third kappa shape index (κ3) is 7.17. The van der Waals surface area contributed by atoms with E-state index in [2.05, 4.69) is 21.1 Å². The normalized spacial score (nSPS) is 11.1. The summed E-state index contributed by atoms with van der Waals surface area (Å²) in [6, 6.07) is 21.2. The van der Waals surface area contributed by atoms with Gasteiger partial charge in [0.2, 0.25) is 5.91 Å². The maximum atomic E-state index is 13.0. The van der Waals surface area contributed by atoms with Gasteiger partial charge in [-0.3, -0.25) is 14.4 Å². The minimum absolute atomic E-state index is 0.129. The summed E-state index contributed by atoms with van der Waals surface area (Å²) in [4.78, 5) is 39.5. The first kappa shape index (κ1) is 25.0. The van der Waals surface area contributed by atoms with E-state index in [9.17, 15) is 14.4 Å². The number of benzene rings is 2. The number of aryl methyl sites for hydroxylation is 1. The lowest BCUT2D eigenvalue weighted by Crippen LogP contribution is -2.30. The second kappa shape index (κ2) is 12.0. The van der Waals surface area contributed by atoms with E-state index < -0.39 is 5.91 Å². The van der Waals surface area contributed by atoms with Gasteiger partial charge in [-0.15, -0.1) is 23.1 Å². The zero-order valence-electron chi connectivity index (χ0n) is 19.2. The van der Waals surface area contributed by atoms with Crippen LogP contribution in [0.15, 0.2) is 93.3 Å². The van der Waals surface area contributed by atoms with Crippen molar-refractivity contribution in [3.05, 3.63) is 100 Å². The Bertz CT molecular complexity index is 1360. The average molecular weight is 519 g/mol. The molecule has 8 nitrogen and oxygen atoms in total. The number of aromatic nitrogens is 1. The van der Waals surface area contributed by atoms with Crippen LogP contribution < -0.4 is 16.0 Å². The number of thioether (sulfide) groups is 1. The third-order valence-electron chi connectivity index (χ3n) is 4.74. The number of amides is 3. The van der Waals surface area contributed by atoms with Crippen molar-refractivity contribution in [1.82, 2.24) is 10.5 Å². The van der Waals surface area contributed by atoms with Crippen molar-refractivity contribution in [3.63, 3.8) is 0 Å². The molecular weight excluding hydrogens is 496 g/mol. The van der Waals surface area contributed by atoms with Gasteiger partial charge in [0.1, 0.15) is 11.5 Å². The summed E-state index contributed by atoms with van der Waals surface area (Å²) in [6.45, 7) is 1.75. The lowest BCUT2D eigenvalue weighted by atomic mass is 10.2. The molecule has 0 radical (unpaired) electrons. The Hall–Kier alpha value is -4.15. The van der Waals surface area contributed by atoms with E-state index in [0.29, 0.717) is 22.8 Å². The van der Waals surface area contributed by atoms with Crippen LogP contribution in [-0.4, -0.2) is 28.6 Å².